The molecule has 0 aromatic rings. The molecule has 0 radical (unpaired) electrons. The SMILES string of the molecule is N=C(Br)C/C=C1\C=CC=CN1. The molecule has 0 atom stereocenters. The van der Waals surface area contributed by atoms with E-state index in [1.807, 2.05) is 30.5 Å². The Morgan fingerprint density at radius 1 is 1.64 bits per heavy atom. The van der Waals surface area contributed by atoms with Crippen LogP contribution in [0.2, 0.25) is 0 Å². The number of allylic oxidation sites excluding steroid dienone is 4. The Bertz CT molecular complexity index is 238. The molecule has 58 valence electrons. The highest BCUT2D eigenvalue weighted by atomic mass is 79.9. The van der Waals surface area contributed by atoms with Gasteiger partial charge >= 0.3 is 0 Å². The van der Waals surface area contributed by atoms with Crippen LogP contribution in [0.3, 0.4) is 0 Å². The summed E-state index contributed by atoms with van der Waals surface area (Å²) >= 11 is 3.07. The van der Waals surface area contributed by atoms with Gasteiger partial charge in [0.05, 0.1) is 4.62 Å². The van der Waals surface area contributed by atoms with E-state index in [1.165, 1.54) is 0 Å². The third kappa shape index (κ3) is 3.18. The van der Waals surface area contributed by atoms with Crippen LogP contribution in [0.4, 0.5) is 0 Å². The second-order valence-electron chi connectivity index (χ2n) is 2.13. The lowest BCUT2D eigenvalue weighted by atomic mass is 10.2. The van der Waals surface area contributed by atoms with Gasteiger partial charge < -0.3 is 5.32 Å². The summed E-state index contributed by atoms with van der Waals surface area (Å²) in [7, 11) is 0. The number of hydrogen-bond acceptors (Lipinski definition) is 2. The van der Waals surface area contributed by atoms with Crippen molar-refractivity contribution >= 4 is 20.6 Å². The Morgan fingerprint density at radius 3 is 3.00 bits per heavy atom. The Balaban J connectivity index is 2.47. The van der Waals surface area contributed by atoms with E-state index in [0.29, 0.717) is 11.0 Å². The minimum atomic E-state index is 0.495. The molecule has 0 fully saturated rings. The van der Waals surface area contributed by atoms with Crippen molar-refractivity contribution in [1.29, 1.82) is 5.41 Å². The zero-order chi connectivity index (χ0) is 8.10. The summed E-state index contributed by atoms with van der Waals surface area (Å²) in [6.07, 6.45) is 10.3. The van der Waals surface area contributed by atoms with Crippen LogP contribution in [0.1, 0.15) is 6.42 Å². The van der Waals surface area contributed by atoms with Gasteiger partial charge in [0.25, 0.3) is 0 Å². The first-order valence-corrected chi connectivity index (χ1v) is 4.11. The topological polar surface area (TPSA) is 35.9 Å². The lowest BCUT2D eigenvalue weighted by molar-refractivity contribution is 1.08. The molecule has 0 aliphatic carbocycles. The van der Waals surface area contributed by atoms with Crippen molar-refractivity contribution in [3.8, 4) is 0 Å². The van der Waals surface area contributed by atoms with Crippen molar-refractivity contribution in [3.05, 3.63) is 36.2 Å². The van der Waals surface area contributed by atoms with Crippen LogP contribution in [0, 0.1) is 5.41 Å². The van der Waals surface area contributed by atoms with Gasteiger partial charge in [-0.05, 0) is 28.1 Å². The molecular weight excluding hydrogens is 204 g/mol. The van der Waals surface area contributed by atoms with Gasteiger partial charge in [-0.25, -0.2) is 0 Å². The Kier molecular flexibility index (Phi) is 3.11. The number of nitrogens with one attached hydrogen (secondary N) is 2. The van der Waals surface area contributed by atoms with E-state index in [4.69, 9.17) is 5.41 Å². The molecular formula is C8H9BrN2. The van der Waals surface area contributed by atoms with Crippen LogP contribution in [-0.4, -0.2) is 4.62 Å². The third-order valence-corrected chi connectivity index (χ3v) is 1.56. The second kappa shape index (κ2) is 4.13. The van der Waals surface area contributed by atoms with E-state index in [9.17, 15) is 0 Å². The maximum atomic E-state index is 7.12. The van der Waals surface area contributed by atoms with Crippen LogP contribution in [-0.2, 0) is 0 Å². The normalized spacial score (nSPS) is 18.5. The van der Waals surface area contributed by atoms with Crippen LogP contribution in [0.5, 0.6) is 0 Å². The van der Waals surface area contributed by atoms with E-state index in [2.05, 4.69) is 21.2 Å². The predicted octanol–water partition coefficient (Wildman–Crippen LogP) is 2.31. The van der Waals surface area contributed by atoms with Crippen molar-refractivity contribution in [2.24, 2.45) is 0 Å². The van der Waals surface area contributed by atoms with Gasteiger partial charge in [-0.15, -0.1) is 0 Å². The lowest BCUT2D eigenvalue weighted by Gasteiger charge is -2.03. The monoisotopic (exact) mass is 212 g/mol. The summed E-state index contributed by atoms with van der Waals surface area (Å²) in [6.45, 7) is 0. The van der Waals surface area contributed by atoms with Crippen LogP contribution in [0.15, 0.2) is 36.2 Å². The molecule has 2 nitrogen and oxygen atoms in total. The summed E-state index contributed by atoms with van der Waals surface area (Å²) in [6, 6.07) is 0. The molecule has 1 rings (SSSR count). The fraction of sp³-hybridized carbons (Fsp3) is 0.125. The molecule has 1 aliphatic rings. The zero-order valence-corrected chi connectivity index (χ0v) is 7.56. The summed E-state index contributed by atoms with van der Waals surface area (Å²) in [5.74, 6) is 0. The first-order chi connectivity index (χ1) is 5.29. The molecule has 0 saturated heterocycles. The minimum Gasteiger partial charge on any atom is -0.362 e. The molecule has 0 saturated carbocycles. The number of dihydropyridines is 1. The molecule has 2 N–H and O–H groups in total. The molecule has 0 aromatic carbocycles. The standard InChI is InChI=1S/C8H9BrN2/c9-8(10)5-4-7-3-1-2-6-11-7/h1-4,6,10-11H,5H2/b7-4+,10-8?. The van der Waals surface area contributed by atoms with Gasteiger partial charge in [-0.2, -0.15) is 0 Å². The molecule has 3 heteroatoms. The molecule has 0 bridgehead atoms. The van der Waals surface area contributed by atoms with Crippen LogP contribution >= 0.6 is 15.9 Å². The maximum Gasteiger partial charge on any atom is 0.0778 e. The van der Waals surface area contributed by atoms with E-state index in [-0.39, 0.29) is 0 Å². The zero-order valence-electron chi connectivity index (χ0n) is 5.97. The van der Waals surface area contributed by atoms with Crippen molar-refractivity contribution in [2.75, 3.05) is 0 Å². The lowest BCUT2D eigenvalue weighted by Crippen LogP contribution is -2.04. The van der Waals surface area contributed by atoms with E-state index in [0.717, 1.165) is 5.70 Å². The molecule has 0 amide bonds. The number of hydrogen-bond donors (Lipinski definition) is 2. The van der Waals surface area contributed by atoms with E-state index >= 15 is 0 Å². The fourth-order valence-corrected chi connectivity index (χ4v) is 0.896. The first-order valence-electron chi connectivity index (χ1n) is 3.32. The Labute approximate surface area is 74.3 Å². The Hall–Kier alpha value is -0.830. The van der Waals surface area contributed by atoms with Crippen LogP contribution in [0.25, 0.3) is 0 Å². The van der Waals surface area contributed by atoms with Crippen molar-refractivity contribution in [2.45, 2.75) is 6.42 Å². The smallest absolute Gasteiger partial charge is 0.0778 e. The largest absolute Gasteiger partial charge is 0.362 e. The molecule has 11 heavy (non-hydrogen) atoms. The van der Waals surface area contributed by atoms with E-state index < -0.39 is 0 Å². The fourth-order valence-electron chi connectivity index (χ4n) is 0.734. The summed E-state index contributed by atoms with van der Waals surface area (Å²) in [5, 5.41) is 10.2. The highest BCUT2D eigenvalue weighted by molar-refractivity contribution is 9.18. The summed E-state index contributed by atoms with van der Waals surface area (Å²) < 4.78 is 0.495. The quantitative estimate of drug-likeness (QED) is 0.678. The number of halogens is 1. The average molecular weight is 213 g/mol. The average Bonchev–Trinajstić information content (AvgIpc) is 2.03. The predicted molar refractivity (Wildman–Crippen MR) is 50.8 cm³/mol. The van der Waals surface area contributed by atoms with Crippen molar-refractivity contribution in [1.82, 2.24) is 5.32 Å². The maximum absolute atomic E-state index is 7.12. The minimum absolute atomic E-state index is 0.495. The molecule has 0 unspecified atom stereocenters. The molecule has 1 aliphatic heterocycles. The van der Waals surface area contributed by atoms with Crippen molar-refractivity contribution < 1.29 is 0 Å². The first kappa shape index (κ1) is 8.27. The van der Waals surface area contributed by atoms with Gasteiger partial charge in [0, 0.05) is 18.3 Å². The summed E-state index contributed by atoms with van der Waals surface area (Å²) in [4.78, 5) is 0. The van der Waals surface area contributed by atoms with Gasteiger partial charge in [-0.1, -0.05) is 12.2 Å². The van der Waals surface area contributed by atoms with Gasteiger partial charge in [0.15, 0.2) is 0 Å². The Morgan fingerprint density at radius 2 is 2.45 bits per heavy atom. The molecule has 0 aromatic heterocycles. The molecule has 0 spiro atoms. The highest BCUT2D eigenvalue weighted by Gasteiger charge is 1.91. The van der Waals surface area contributed by atoms with Gasteiger partial charge in [0.1, 0.15) is 0 Å². The number of rotatable bonds is 2. The summed E-state index contributed by atoms with van der Waals surface area (Å²) in [5.41, 5.74) is 1.04. The highest BCUT2D eigenvalue weighted by Crippen LogP contribution is 2.02. The van der Waals surface area contributed by atoms with E-state index in [1.54, 1.807) is 0 Å². The van der Waals surface area contributed by atoms with Gasteiger partial charge in [-0.3, -0.25) is 5.41 Å². The second-order valence-corrected chi connectivity index (χ2v) is 3.09. The molecule has 1 heterocycles. The van der Waals surface area contributed by atoms with Crippen molar-refractivity contribution in [3.63, 3.8) is 0 Å². The van der Waals surface area contributed by atoms with Crippen LogP contribution < -0.4 is 5.32 Å². The van der Waals surface area contributed by atoms with Gasteiger partial charge in [0.2, 0.25) is 0 Å². The third-order valence-electron chi connectivity index (χ3n) is 1.23.